The van der Waals surface area contributed by atoms with Crippen molar-refractivity contribution in [1.29, 1.82) is 0 Å². The maximum atomic E-state index is 11.3. The molecule has 17 heavy (non-hydrogen) atoms. The first-order valence-corrected chi connectivity index (χ1v) is 6.91. The molecule has 0 aromatic heterocycles. The van der Waals surface area contributed by atoms with Crippen molar-refractivity contribution < 1.29 is 9.53 Å². The second-order valence-corrected chi connectivity index (χ2v) is 4.99. The third-order valence-corrected chi connectivity index (χ3v) is 2.78. The fraction of sp³-hybridized carbons (Fsp3) is 0.800. The van der Waals surface area contributed by atoms with Crippen molar-refractivity contribution in [2.45, 2.75) is 66.2 Å². The summed E-state index contributed by atoms with van der Waals surface area (Å²) in [4.78, 5) is 11.3. The van der Waals surface area contributed by atoms with Crippen molar-refractivity contribution in [3.63, 3.8) is 0 Å². The van der Waals surface area contributed by atoms with Crippen LogP contribution in [0.3, 0.4) is 0 Å². The van der Waals surface area contributed by atoms with Crippen molar-refractivity contribution in [2.75, 3.05) is 6.61 Å². The summed E-state index contributed by atoms with van der Waals surface area (Å²) in [7, 11) is 0. The highest BCUT2D eigenvalue weighted by Crippen LogP contribution is 2.11. The van der Waals surface area contributed by atoms with Crippen LogP contribution in [0.5, 0.6) is 0 Å². The van der Waals surface area contributed by atoms with Gasteiger partial charge in [0.1, 0.15) is 0 Å². The molecule has 0 bridgehead atoms. The molecule has 0 aromatic carbocycles. The summed E-state index contributed by atoms with van der Waals surface area (Å²) in [6, 6.07) is 0. The van der Waals surface area contributed by atoms with Crippen molar-refractivity contribution in [3.8, 4) is 0 Å². The number of ether oxygens (including phenoxy) is 1. The maximum absolute atomic E-state index is 11.3. The highest BCUT2D eigenvalue weighted by molar-refractivity contribution is 5.87. The second-order valence-electron chi connectivity index (χ2n) is 4.99. The molecule has 2 nitrogen and oxygen atoms in total. The topological polar surface area (TPSA) is 26.3 Å². The Bertz CT molecular complexity index is 229. The minimum Gasteiger partial charge on any atom is -0.463 e. The normalized spacial score (nSPS) is 11.9. The molecule has 0 aliphatic heterocycles. The van der Waals surface area contributed by atoms with Crippen LogP contribution in [0.1, 0.15) is 66.2 Å². The van der Waals surface area contributed by atoms with Gasteiger partial charge >= 0.3 is 5.97 Å². The Morgan fingerprint density at radius 1 is 1.18 bits per heavy atom. The molecule has 0 spiro atoms. The van der Waals surface area contributed by atoms with E-state index in [-0.39, 0.29) is 5.97 Å². The van der Waals surface area contributed by atoms with Gasteiger partial charge in [0, 0.05) is 5.57 Å². The van der Waals surface area contributed by atoms with E-state index in [9.17, 15) is 4.79 Å². The predicted octanol–water partition coefficient (Wildman–Crippen LogP) is 4.49. The van der Waals surface area contributed by atoms with Crippen LogP contribution >= 0.6 is 0 Å². The van der Waals surface area contributed by atoms with Crippen LogP contribution in [0.4, 0.5) is 0 Å². The second kappa shape index (κ2) is 10.4. The average molecular weight is 240 g/mol. The molecule has 0 unspecified atom stereocenters. The standard InChI is InChI=1S/C15H28O2/c1-5-17-15(16)14(4)12-10-8-6-7-9-11-13(2)3/h12-13H,5-11H2,1-4H3. The molecular formula is C15H28O2. The van der Waals surface area contributed by atoms with Crippen LogP contribution < -0.4 is 0 Å². The largest absolute Gasteiger partial charge is 0.463 e. The highest BCUT2D eigenvalue weighted by atomic mass is 16.5. The number of rotatable bonds is 9. The third kappa shape index (κ3) is 10.1. The third-order valence-electron chi connectivity index (χ3n) is 2.78. The Morgan fingerprint density at radius 2 is 1.82 bits per heavy atom. The summed E-state index contributed by atoms with van der Waals surface area (Å²) in [6.07, 6.45) is 9.40. The lowest BCUT2D eigenvalue weighted by atomic mass is 10.0. The Morgan fingerprint density at radius 3 is 2.41 bits per heavy atom. The lowest BCUT2D eigenvalue weighted by Gasteiger charge is -2.04. The first-order valence-electron chi connectivity index (χ1n) is 6.91. The van der Waals surface area contributed by atoms with Crippen LogP contribution in [-0.4, -0.2) is 12.6 Å². The van der Waals surface area contributed by atoms with Gasteiger partial charge in [-0.2, -0.15) is 0 Å². The fourth-order valence-electron chi connectivity index (χ4n) is 1.70. The monoisotopic (exact) mass is 240 g/mol. The van der Waals surface area contributed by atoms with E-state index >= 15 is 0 Å². The summed E-state index contributed by atoms with van der Waals surface area (Å²) in [6.45, 7) is 8.66. The van der Waals surface area contributed by atoms with Crippen LogP contribution in [0.2, 0.25) is 0 Å². The van der Waals surface area contributed by atoms with Gasteiger partial charge < -0.3 is 4.74 Å². The lowest BCUT2D eigenvalue weighted by molar-refractivity contribution is -0.138. The van der Waals surface area contributed by atoms with Gasteiger partial charge in [-0.25, -0.2) is 4.79 Å². The van der Waals surface area contributed by atoms with Crippen molar-refractivity contribution in [3.05, 3.63) is 11.6 Å². The van der Waals surface area contributed by atoms with E-state index in [4.69, 9.17) is 4.74 Å². The van der Waals surface area contributed by atoms with Gasteiger partial charge in [-0.15, -0.1) is 0 Å². The SMILES string of the molecule is CCOC(=O)C(C)=CCCCCCCC(C)C. The molecular weight excluding hydrogens is 212 g/mol. The lowest BCUT2D eigenvalue weighted by Crippen LogP contribution is -2.04. The Labute approximate surface area is 106 Å². The molecule has 0 aliphatic rings. The van der Waals surface area contributed by atoms with Crippen molar-refractivity contribution >= 4 is 5.97 Å². The Hall–Kier alpha value is -0.790. The number of esters is 1. The van der Waals surface area contributed by atoms with Crippen molar-refractivity contribution in [1.82, 2.24) is 0 Å². The smallest absolute Gasteiger partial charge is 0.333 e. The fourth-order valence-corrected chi connectivity index (χ4v) is 1.70. The van der Waals surface area contributed by atoms with Crippen LogP contribution in [0.25, 0.3) is 0 Å². The van der Waals surface area contributed by atoms with E-state index in [2.05, 4.69) is 13.8 Å². The molecule has 0 N–H and O–H groups in total. The molecule has 0 amide bonds. The van der Waals surface area contributed by atoms with Gasteiger partial charge in [0.05, 0.1) is 6.61 Å². The van der Waals surface area contributed by atoms with Crippen molar-refractivity contribution in [2.24, 2.45) is 5.92 Å². The summed E-state index contributed by atoms with van der Waals surface area (Å²) in [5.41, 5.74) is 0.744. The molecule has 0 aliphatic carbocycles. The molecule has 0 rings (SSSR count). The van der Waals surface area contributed by atoms with Gasteiger partial charge in [-0.3, -0.25) is 0 Å². The van der Waals surface area contributed by atoms with Crippen LogP contribution in [0, 0.1) is 5.92 Å². The zero-order valence-corrected chi connectivity index (χ0v) is 11.9. The molecule has 0 atom stereocenters. The highest BCUT2D eigenvalue weighted by Gasteiger charge is 2.02. The van der Waals surface area contributed by atoms with E-state index in [0.29, 0.717) is 6.61 Å². The Balaban J connectivity index is 3.49. The van der Waals surface area contributed by atoms with Gasteiger partial charge in [0.2, 0.25) is 0 Å². The molecule has 2 heteroatoms. The van der Waals surface area contributed by atoms with E-state index in [1.165, 1.54) is 32.1 Å². The first kappa shape index (κ1) is 16.2. The van der Waals surface area contributed by atoms with Gasteiger partial charge in [-0.1, -0.05) is 45.6 Å². The molecule has 0 saturated heterocycles. The Kier molecular flexibility index (Phi) is 9.89. The molecule has 0 saturated carbocycles. The minimum absolute atomic E-state index is 0.174. The average Bonchev–Trinajstić information content (AvgIpc) is 2.27. The minimum atomic E-state index is -0.174. The number of carbonyl (C=O) groups excluding carboxylic acids is 1. The van der Waals surface area contributed by atoms with Gasteiger partial charge in [-0.05, 0) is 32.6 Å². The van der Waals surface area contributed by atoms with E-state index < -0.39 is 0 Å². The van der Waals surface area contributed by atoms with E-state index in [0.717, 1.165) is 17.9 Å². The number of carbonyl (C=O) groups is 1. The number of hydrogen-bond acceptors (Lipinski definition) is 2. The molecule has 0 heterocycles. The summed E-state index contributed by atoms with van der Waals surface area (Å²) in [5, 5.41) is 0. The number of allylic oxidation sites excluding steroid dienone is 1. The van der Waals surface area contributed by atoms with Crippen LogP contribution in [-0.2, 0) is 9.53 Å². The van der Waals surface area contributed by atoms with Crippen LogP contribution in [0.15, 0.2) is 11.6 Å². The summed E-state index contributed by atoms with van der Waals surface area (Å²) in [5.74, 6) is 0.647. The quantitative estimate of drug-likeness (QED) is 0.337. The zero-order chi connectivity index (χ0) is 13.1. The maximum Gasteiger partial charge on any atom is 0.333 e. The zero-order valence-electron chi connectivity index (χ0n) is 11.9. The molecule has 0 aromatic rings. The predicted molar refractivity (Wildman–Crippen MR) is 72.9 cm³/mol. The summed E-state index contributed by atoms with van der Waals surface area (Å²) < 4.78 is 4.92. The first-order chi connectivity index (χ1) is 8.07. The number of unbranched alkanes of at least 4 members (excludes halogenated alkanes) is 4. The van der Waals surface area contributed by atoms with E-state index in [1.807, 2.05) is 19.9 Å². The summed E-state index contributed by atoms with van der Waals surface area (Å²) >= 11 is 0. The molecule has 100 valence electrons. The molecule has 0 radical (unpaired) electrons. The van der Waals surface area contributed by atoms with Gasteiger partial charge in [0.15, 0.2) is 0 Å². The molecule has 0 fully saturated rings. The van der Waals surface area contributed by atoms with Gasteiger partial charge in [0.25, 0.3) is 0 Å². The van der Waals surface area contributed by atoms with E-state index in [1.54, 1.807) is 0 Å². The number of hydrogen-bond donors (Lipinski definition) is 0.